The smallest absolute Gasteiger partial charge is 0.255 e. The molecule has 2 amide bonds. The van der Waals surface area contributed by atoms with Crippen molar-refractivity contribution in [2.24, 2.45) is 0 Å². The molecule has 4 aromatic rings. The van der Waals surface area contributed by atoms with Crippen molar-refractivity contribution in [3.05, 3.63) is 83.4 Å². The highest BCUT2D eigenvalue weighted by atomic mass is 16.3. The van der Waals surface area contributed by atoms with Gasteiger partial charge in [0, 0.05) is 29.6 Å². The molecule has 0 saturated carbocycles. The minimum absolute atomic E-state index is 0.0590. The fraction of sp³-hybridized carbons (Fsp3) is 0.185. The summed E-state index contributed by atoms with van der Waals surface area (Å²) >= 11 is 0. The summed E-state index contributed by atoms with van der Waals surface area (Å²) in [5, 5.41) is 6.38. The predicted octanol–water partition coefficient (Wildman–Crippen LogP) is 5.57. The lowest BCUT2D eigenvalue weighted by Gasteiger charge is -2.10. The summed E-state index contributed by atoms with van der Waals surface area (Å²) in [7, 11) is 1.61. The third kappa shape index (κ3) is 4.14. The van der Waals surface area contributed by atoms with Crippen LogP contribution in [0.5, 0.6) is 0 Å². The summed E-state index contributed by atoms with van der Waals surface area (Å²) in [6.45, 7) is 5.88. The zero-order valence-corrected chi connectivity index (χ0v) is 18.7. The highest BCUT2D eigenvalue weighted by Crippen LogP contribution is 2.36. The van der Waals surface area contributed by atoms with Gasteiger partial charge in [-0.05, 0) is 56.2 Å². The molecule has 0 aliphatic heterocycles. The van der Waals surface area contributed by atoms with E-state index in [1.54, 1.807) is 13.1 Å². The van der Waals surface area contributed by atoms with Gasteiger partial charge in [0.1, 0.15) is 11.3 Å². The molecule has 0 radical (unpaired) electrons. The van der Waals surface area contributed by atoms with Gasteiger partial charge in [0.25, 0.3) is 11.8 Å². The molecule has 0 fully saturated rings. The first-order valence-electron chi connectivity index (χ1n) is 10.6. The molecule has 5 heteroatoms. The molecule has 162 valence electrons. The van der Waals surface area contributed by atoms with Gasteiger partial charge in [0.15, 0.2) is 0 Å². The summed E-state index contributed by atoms with van der Waals surface area (Å²) in [6, 6.07) is 21.2. The van der Waals surface area contributed by atoms with Crippen LogP contribution in [-0.4, -0.2) is 24.9 Å². The number of furan rings is 1. The predicted molar refractivity (Wildman–Crippen MR) is 128 cm³/mol. The Balaban J connectivity index is 1.83. The first kappa shape index (κ1) is 21.4. The summed E-state index contributed by atoms with van der Waals surface area (Å²) in [4.78, 5) is 25.3. The second-order valence-corrected chi connectivity index (χ2v) is 8.17. The SMILES string of the molecule is CNC(=O)c1c(-c2ccc(C)cc2)oc2ccc(-c3cccc(C(=O)NC(C)C)c3)cc12. The summed E-state index contributed by atoms with van der Waals surface area (Å²) in [6.07, 6.45) is 0. The minimum Gasteiger partial charge on any atom is -0.455 e. The summed E-state index contributed by atoms with van der Waals surface area (Å²) in [5.41, 5.74) is 5.51. The number of amides is 2. The van der Waals surface area contributed by atoms with Crippen LogP contribution in [-0.2, 0) is 0 Å². The number of hydrogen-bond donors (Lipinski definition) is 2. The van der Waals surface area contributed by atoms with E-state index in [9.17, 15) is 9.59 Å². The molecule has 2 N–H and O–H groups in total. The fourth-order valence-electron chi connectivity index (χ4n) is 3.72. The molecule has 0 aliphatic rings. The average Bonchev–Trinajstić information content (AvgIpc) is 3.17. The van der Waals surface area contributed by atoms with Crippen LogP contribution in [0, 0.1) is 6.92 Å². The third-order valence-electron chi connectivity index (χ3n) is 5.33. The lowest BCUT2D eigenvalue weighted by Crippen LogP contribution is -2.30. The highest BCUT2D eigenvalue weighted by molar-refractivity contribution is 6.11. The lowest BCUT2D eigenvalue weighted by atomic mass is 9.98. The van der Waals surface area contributed by atoms with E-state index in [2.05, 4.69) is 10.6 Å². The van der Waals surface area contributed by atoms with Crippen molar-refractivity contribution < 1.29 is 14.0 Å². The molecule has 1 heterocycles. The standard InChI is InChI=1S/C27H26N2O3/c1-16(2)29-26(30)21-7-5-6-19(14-21)20-12-13-23-22(15-20)24(27(31)28-4)25(32-23)18-10-8-17(3)9-11-18/h5-16H,1-4H3,(H,28,31)(H,29,30). The van der Waals surface area contributed by atoms with Crippen molar-refractivity contribution in [1.82, 2.24) is 10.6 Å². The van der Waals surface area contributed by atoms with E-state index in [0.717, 1.165) is 27.6 Å². The second kappa shape index (κ2) is 8.71. The Morgan fingerprint density at radius 2 is 1.53 bits per heavy atom. The molecule has 32 heavy (non-hydrogen) atoms. The van der Waals surface area contributed by atoms with E-state index in [-0.39, 0.29) is 17.9 Å². The molecule has 0 atom stereocenters. The van der Waals surface area contributed by atoms with Crippen molar-refractivity contribution in [3.8, 4) is 22.5 Å². The zero-order valence-electron chi connectivity index (χ0n) is 18.7. The number of carbonyl (C=O) groups is 2. The number of aryl methyl sites for hydroxylation is 1. The van der Waals surface area contributed by atoms with Crippen LogP contribution in [0.4, 0.5) is 0 Å². The normalized spacial score (nSPS) is 11.0. The summed E-state index contributed by atoms with van der Waals surface area (Å²) in [5.74, 6) is 0.224. The molecule has 0 unspecified atom stereocenters. The molecule has 0 bridgehead atoms. The maximum Gasteiger partial charge on any atom is 0.255 e. The Morgan fingerprint density at radius 3 is 2.22 bits per heavy atom. The van der Waals surface area contributed by atoms with Crippen molar-refractivity contribution in [2.45, 2.75) is 26.8 Å². The van der Waals surface area contributed by atoms with Crippen molar-refractivity contribution in [3.63, 3.8) is 0 Å². The van der Waals surface area contributed by atoms with E-state index in [1.165, 1.54) is 0 Å². The number of hydrogen-bond acceptors (Lipinski definition) is 3. The number of nitrogens with one attached hydrogen (secondary N) is 2. The van der Waals surface area contributed by atoms with Gasteiger partial charge in [-0.25, -0.2) is 0 Å². The van der Waals surface area contributed by atoms with E-state index in [4.69, 9.17) is 4.42 Å². The van der Waals surface area contributed by atoms with Crippen molar-refractivity contribution >= 4 is 22.8 Å². The van der Waals surface area contributed by atoms with Crippen molar-refractivity contribution in [1.29, 1.82) is 0 Å². The second-order valence-electron chi connectivity index (χ2n) is 8.17. The van der Waals surface area contributed by atoms with Crippen LogP contribution < -0.4 is 10.6 Å². The minimum atomic E-state index is -0.207. The van der Waals surface area contributed by atoms with E-state index < -0.39 is 0 Å². The average molecular weight is 427 g/mol. The van der Waals surface area contributed by atoms with Gasteiger partial charge in [0.2, 0.25) is 0 Å². The monoisotopic (exact) mass is 426 g/mol. The van der Waals surface area contributed by atoms with Crippen LogP contribution in [0.1, 0.15) is 40.1 Å². The number of benzene rings is 3. The van der Waals surface area contributed by atoms with Crippen LogP contribution >= 0.6 is 0 Å². The summed E-state index contributed by atoms with van der Waals surface area (Å²) < 4.78 is 6.12. The van der Waals surface area contributed by atoms with E-state index in [0.29, 0.717) is 22.5 Å². The fourth-order valence-corrected chi connectivity index (χ4v) is 3.72. The maximum atomic E-state index is 12.8. The van der Waals surface area contributed by atoms with Crippen molar-refractivity contribution in [2.75, 3.05) is 7.05 Å². The highest BCUT2D eigenvalue weighted by Gasteiger charge is 2.22. The van der Waals surface area contributed by atoms with E-state index >= 15 is 0 Å². The Hall–Kier alpha value is -3.86. The largest absolute Gasteiger partial charge is 0.455 e. The molecule has 3 aromatic carbocycles. The molecular formula is C27H26N2O3. The Bertz CT molecular complexity index is 1300. The van der Waals surface area contributed by atoms with Gasteiger partial charge in [0.05, 0.1) is 5.56 Å². The van der Waals surface area contributed by atoms with Crippen LogP contribution in [0.3, 0.4) is 0 Å². The Labute approximate surface area is 187 Å². The van der Waals surface area contributed by atoms with Gasteiger partial charge < -0.3 is 15.1 Å². The molecule has 0 spiro atoms. The van der Waals surface area contributed by atoms with Gasteiger partial charge in [-0.3, -0.25) is 9.59 Å². The first-order valence-corrected chi connectivity index (χ1v) is 10.6. The number of fused-ring (bicyclic) bond motifs is 1. The Kier molecular flexibility index (Phi) is 5.82. The lowest BCUT2D eigenvalue weighted by molar-refractivity contribution is 0.0940. The van der Waals surface area contributed by atoms with Crippen LogP contribution in [0.15, 0.2) is 71.1 Å². The first-order chi connectivity index (χ1) is 15.4. The zero-order chi connectivity index (χ0) is 22.8. The number of rotatable bonds is 5. The van der Waals surface area contributed by atoms with Gasteiger partial charge in [-0.2, -0.15) is 0 Å². The molecule has 1 aromatic heterocycles. The third-order valence-corrected chi connectivity index (χ3v) is 5.33. The van der Waals surface area contributed by atoms with Gasteiger partial charge in [-0.1, -0.05) is 48.0 Å². The topological polar surface area (TPSA) is 71.3 Å². The molecule has 5 nitrogen and oxygen atoms in total. The van der Waals surface area contributed by atoms with Crippen LogP contribution in [0.2, 0.25) is 0 Å². The molecule has 4 rings (SSSR count). The maximum absolute atomic E-state index is 12.8. The molecular weight excluding hydrogens is 400 g/mol. The molecule has 0 saturated heterocycles. The van der Waals surface area contributed by atoms with Crippen LogP contribution in [0.25, 0.3) is 33.4 Å². The Morgan fingerprint density at radius 1 is 0.844 bits per heavy atom. The molecule has 0 aliphatic carbocycles. The van der Waals surface area contributed by atoms with Gasteiger partial charge in [-0.15, -0.1) is 0 Å². The van der Waals surface area contributed by atoms with Gasteiger partial charge >= 0.3 is 0 Å². The number of carbonyl (C=O) groups excluding carboxylic acids is 2. The quantitative estimate of drug-likeness (QED) is 0.438. The van der Waals surface area contributed by atoms with E-state index in [1.807, 2.05) is 81.4 Å².